The summed E-state index contributed by atoms with van der Waals surface area (Å²) >= 11 is 0. The fourth-order valence-corrected chi connectivity index (χ4v) is 0.485. The number of sulfone groups is 1. The quantitative estimate of drug-likeness (QED) is 0.591. The molecule has 0 radical (unpaired) electrons. The van der Waals surface area contributed by atoms with Crippen molar-refractivity contribution in [3.63, 3.8) is 0 Å². The molecule has 0 aliphatic rings. The summed E-state index contributed by atoms with van der Waals surface area (Å²) in [6.07, 6.45) is -4.11. The van der Waals surface area contributed by atoms with Crippen LogP contribution in [0.2, 0.25) is 0 Å². The number of hydrogen-bond acceptors (Lipinski definition) is 2. The number of halogens is 4. The maximum atomic E-state index is 11.7. The van der Waals surface area contributed by atoms with Gasteiger partial charge in [0.1, 0.15) is 0 Å². The lowest BCUT2D eigenvalue weighted by Crippen LogP contribution is -2.35. The smallest absolute Gasteiger partial charge is 0.223 e. The van der Waals surface area contributed by atoms with E-state index in [0.717, 1.165) is 0 Å². The van der Waals surface area contributed by atoms with Gasteiger partial charge >= 0.3 is 11.7 Å². The Hall–Kier alpha value is -0.330. The van der Waals surface area contributed by atoms with E-state index in [1.807, 2.05) is 0 Å². The highest BCUT2D eigenvalue weighted by Crippen LogP contribution is 2.27. The average Bonchev–Trinajstić information content (AvgIpc) is 1.62. The van der Waals surface area contributed by atoms with Gasteiger partial charge in [-0.25, -0.2) is 17.2 Å². The van der Waals surface area contributed by atoms with Crippen LogP contribution in [0.5, 0.6) is 0 Å². The Balaban J connectivity index is 4.76. The zero-order valence-electron chi connectivity index (χ0n) is 4.81. The van der Waals surface area contributed by atoms with Gasteiger partial charge in [0.15, 0.2) is 0 Å². The van der Waals surface area contributed by atoms with E-state index in [2.05, 4.69) is 0 Å². The Bertz CT molecular complexity index is 207. The zero-order chi connectivity index (χ0) is 8.58. The summed E-state index contributed by atoms with van der Waals surface area (Å²) < 4.78 is 65.5. The number of rotatable bonds is 2. The molecule has 0 unspecified atom stereocenters. The van der Waals surface area contributed by atoms with E-state index in [9.17, 15) is 26.0 Å². The number of alkyl halides is 4. The van der Waals surface area contributed by atoms with Crippen LogP contribution in [-0.2, 0) is 9.84 Å². The zero-order valence-corrected chi connectivity index (χ0v) is 5.63. The first-order valence-corrected chi connectivity index (χ1v) is 3.94. The van der Waals surface area contributed by atoms with Gasteiger partial charge in [-0.05, 0) is 0 Å². The van der Waals surface area contributed by atoms with Gasteiger partial charge in [0.25, 0.3) is 0 Å². The molecule has 0 aliphatic heterocycles. The molecular formula is C3H4F4O2S. The highest BCUT2D eigenvalue weighted by molar-refractivity contribution is 7.91. The molecule has 0 aromatic rings. The summed E-state index contributed by atoms with van der Waals surface area (Å²) in [4.78, 5) is 0. The fourth-order valence-electron chi connectivity index (χ4n) is 0.162. The van der Waals surface area contributed by atoms with Crippen molar-refractivity contribution in [2.24, 2.45) is 0 Å². The molecule has 0 aliphatic carbocycles. The van der Waals surface area contributed by atoms with Crippen LogP contribution >= 0.6 is 0 Å². The van der Waals surface area contributed by atoms with Crippen molar-refractivity contribution < 1.29 is 26.0 Å². The molecular weight excluding hydrogens is 176 g/mol. The van der Waals surface area contributed by atoms with Crippen LogP contribution in [0.1, 0.15) is 0 Å². The van der Waals surface area contributed by atoms with Crippen LogP contribution in [0.3, 0.4) is 0 Å². The first-order chi connectivity index (χ1) is 4.19. The minimum atomic E-state index is -4.98. The first-order valence-electron chi connectivity index (χ1n) is 2.05. The molecule has 0 amide bonds. The molecule has 0 N–H and O–H groups in total. The summed E-state index contributed by atoms with van der Waals surface area (Å²) in [5, 5.41) is -4.92. The largest absolute Gasteiger partial charge is 0.404 e. The van der Waals surface area contributed by atoms with E-state index in [0.29, 0.717) is 0 Å². The Morgan fingerprint density at radius 3 is 1.60 bits per heavy atom. The van der Waals surface area contributed by atoms with Gasteiger partial charge in [-0.3, -0.25) is 0 Å². The Morgan fingerprint density at radius 2 is 1.60 bits per heavy atom. The van der Waals surface area contributed by atoms with Crippen LogP contribution in [0.25, 0.3) is 0 Å². The highest BCUT2D eigenvalue weighted by Gasteiger charge is 2.51. The van der Waals surface area contributed by atoms with Crippen LogP contribution in [0.4, 0.5) is 17.6 Å². The SMILES string of the molecule is CS(=O)(=O)C(F)(F)C(F)F. The number of hydrogen-bond donors (Lipinski definition) is 0. The third-order valence-corrected chi connectivity index (χ3v) is 1.92. The minimum absolute atomic E-state index is 0.0547. The molecule has 7 heteroatoms. The molecule has 0 heterocycles. The van der Waals surface area contributed by atoms with Crippen LogP contribution in [0.15, 0.2) is 0 Å². The topological polar surface area (TPSA) is 34.1 Å². The van der Waals surface area contributed by atoms with E-state index in [4.69, 9.17) is 0 Å². The molecule has 0 aromatic carbocycles. The van der Waals surface area contributed by atoms with Gasteiger partial charge in [0, 0.05) is 6.26 Å². The van der Waals surface area contributed by atoms with Crippen LogP contribution < -0.4 is 0 Å². The predicted octanol–water partition coefficient (Wildman–Crippen LogP) is 0.889. The second-order valence-electron chi connectivity index (χ2n) is 1.63. The summed E-state index contributed by atoms with van der Waals surface area (Å²) in [5.74, 6) is 0. The molecule has 62 valence electrons. The Morgan fingerprint density at radius 1 is 1.30 bits per heavy atom. The molecule has 2 nitrogen and oxygen atoms in total. The fraction of sp³-hybridized carbons (Fsp3) is 1.00. The third kappa shape index (κ3) is 1.59. The van der Waals surface area contributed by atoms with Crippen molar-refractivity contribution in [2.75, 3.05) is 6.26 Å². The average molecular weight is 180 g/mol. The van der Waals surface area contributed by atoms with Crippen LogP contribution in [0, 0.1) is 0 Å². The lowest BCUT2D eigenvalue weighted by atomic mass is 10.7. The molecule has 0 fully saturated rings. The third-order valence-electron chi connectivity index (χ3n) is 0.748. The van der Waals surface area contributed by atoms with Gasteiger partial charge < -0.3 is 0 Å². The predicted molar refractivity (Wildman–Crippen MR) is 25.8 cm³/mol. The minimum Gasteiger partial charge on any atom is -0.223 e. The van der Waals surface area contributed by atoms with E-state index in [1.54, 1.807) is 0 Å². The van der Waals surface area contributed by atoms with Gasteiger partial charge in [-0.2, -0.15) is 8.78 Å². The monoisotopic (exact) mass is 180 g/mol. The molecule has 0 atom stereocenters. The van der Waals surface area contributed by atoms with E-state index in [-0.39, 0.29) is 6.26 Å². The molecule has 0 spiro atoms. The normalized spacial score (nSPS) is 14.2. The van der Waals surface area contributed by atoms with Gasteiger partial charge in [0.2, 0.25) is 9.84 Å². The maximum Gasteiger partial charge on any atom is 0.404 e. The van der Waals surface area contributed by atoms with Crippen molar-refractivity contribution in [3.05, 3.63) is 0 Å². The molecule has 0 rings (SSSR count). The second-order valence-corrected chi connectivity index (χ2v) is 3.72. The van der Waals surface area contributed by atoms with Crippen molar-refractivity contribution in [1.29, 1.82) is 0 Å². The maximum absolute atomic E-state index is 11.7. The summed E-state index contributed by atoms with van der Waals surface area (Å²) in [6.45, 7) is 0. The molecule has 0 saturated carbocycles. The first kappa shape index (κ1) is 9.67. The van der Waals surface area contributed by atoms with E-state index < -0.39 is 21.5 Å². The molecule has 0 aromatic heterocycles. The van der Waals surface area contributed by atoms with E-state index in [1.165, 1.54) is 0 Å². The van der Waals surface area contributed by atoms with Crippen LogP contribution in [-0.4, -0.2) is 26.4 Å². The summed E-state index contributed by atoms with van der Waals surface area (Å²) in [5.41, 5.74) is 0. The molecule has 0 bridgehead atoms. The van der Waals surface area contributed by atoms with Gasteiger partial charge in [0.05, 0.1) is 0 Å². The van der Waals surface area contributed by atoms with E-state index >= 15 is 0 Å². The summed E-state index contributed by atoms with van der Waals surface area (Å²) in [7, 11) is -4.98. The lowest BCUT2D eigenvalue weighted by Gasteiger charge is -2.11. The van der Waals surface area contributed by atoms with Gasteiger partial charge in [-0.1, -0.05) is 0 Å². The highest BCUT2D eigenvalue weighted by atomic mass is 32.2. The standard InChI is InChI=1S/C3H4F4O2S/c1-10(8,9)3(6,7)2(4)5/h2H,1H3. The van der Waals surface area contributed by atoms with Gasteiger partial charge in [-0.15, -0.1) is 0 Å². The second kappa shape index (κ2) is 2.37. The Kier molecular flexibility index (Phi) is 2.29. The Labute approximate surface area is 54.8 Å². The lowest BCUT2D eigenvalue weighted by molar-refractivity contribution is -0.0631. The molecule has 0 saturated heterocycles. The molecule has 10 heavy (non-hydrogen) atoms. The van der Waals surface area contributed by atoms with Crippen molar-refractivity contribution in [2.45, 2.75) is 11.7 Å². The van der Waals surface area contributed by atoms with Crippen molar-refractivity contribution in [3.8, 4) is 0 Å². The van der Waals surface area contributed by atoms with Crippen molar-refractivity contribution >= 4 is 9.84 Å². The van der Waals surface area contributed by atoms with Crippen molar-refractivity contribution in [1.82, 2.24) is 0 Å². The summed E-state index contributed by atoms with van der Waals surface area (Å²) in [6, 6.07) is 0.